The number of nitrogens with one attached hydrogen (secondary N) is 2. The van der Waals surface area contributed by atoms with E-state index in [-0.39, 0.29) is 17.9 Å². The summed E-state index contributed by atoms with van der Waals surface area (Å²) in [6.45, 7) is 3.50. The van der Waals surface area contributed by atoms with Crippen molar-refractivity contribution < 1.29 is 9.59 Å². The zero-order chi connectivity index (χ0) is 19.6. The predicted molar refractivity (Wildman–Crippen MR) is 111 cm³/mol. The standard InChI is InChI=1S/C23H29N3O2/c27-22(12-7-15-24-23(28)20-10-5-2-6-11-20)25-21-13-16-26(17-14-21)18-19-8-3-1-4-9-19/h1-6,8-11,21H,7,12-18H2,(H,24,28)(H,25,27). The Morgan fingerprint density at radius 1 is 0.929 bits per heavy atom. The summed E-state index contributed by atoms with van der Waals surface area (Å²) >= 11 is 0. The molecule has 1 aliphatic heterocycles. The second kappa shape index (κ2) is 10.6. The quantitative estimate of drug-likeness (QED) is 0.693. The van der Waals surface area contributed by atoms with Gasteiger partial charge in [-0.3, -0.25) is 14.5 Å². The highest BCUT2D eigenvalue weighted by Crippen LogP contribution is 2.14. The second-order valence-electron chi connectivity index (χ2n) is 7.33. The van der Waals surface area contributed by atoms with Crippen LogP contribution in [-0.2, 0) is 11.3 Å². The van der Waals surface area contributed by atoms with Gasteiger partial charge in [-0.1, -0.05) is 48.5 Å². The molecule has 2 aromatic carbocycles. The van der Waals surface area contributed by atoms with Gasteiger partial charge < -0.3 is 10.6 Å². The maximum absolute atomic E-state index is 12.2. The van der Waals surface area contributed by atoms with Crippen molar-refractivity contribution in [2.75, 3.05) is 19.6 Å². The van der Waals surface area contributed by atoms with Gasteiger partial charge in [-0.25, -0.2) is 0 Å². The summed E-state index contributed by atoms with van der Waals surface area (Å²) in [5, 5.41) is 6.01. The number of likely N-dealkylation sites (tertiary alicyclic amines) is 1. The fraction of sp³-hybridized carbons (Fsp3) is 0.391. The molecule has 1 heterocycles. The van der Waals surface area contributed by atoms with Gasteiger partial charge in [-0.2, -0.15) is 0 Å². The van der Waals surface area contributed by atoms with E-state index >= 15 is 0 Å². The van der Waals surface area contributed by atoms with E-state index in [9.17, 15) is 9.59 Å². The average Bonchev–Trinajstić information content (AvgIpc) is 2.74. The van der Waals surface area contributed by atoms with Crippen molar-refractivity contribution in [2.24, 2.45) is 0 Å². The lowest BCUT2D eigenvalue weighted by Crippen LogP contribution is -2.44. The first-order valence-electron chi connectivity index (χ1n) is 10.1. The summed E-state index contributed by atoms with van der Waals surface area (Å²) in [6.07, 6.45) is 3.07. The van der Waals surface area contributed by atoms with Crippen LogP contribution >= 0.6 is 0 Å². The van der Waals surface area contributed by atoms with E-state index in [0.29, 0.717) is 24.9 Å². The monoisotopic (exact) mass is 379 g/mol. The zero-order valence-electron chi connectivity index (χ0n) is 16.3. The van der Waals surface area contributed by atoms with E-state index in [1.165, 1.54) is 5.56 Å². The van der Waals surface area contributed by atoms with Crippen LogP contribution in [0.3, 0.4) is 0 Å². The van der Waals surface area contributed by atoms with E-state index in [2.05, 4.69) is 39.8 Å². The predicted octanol–water partition coefficient (Wildman–Crippen LogP) is 2.98. The van der Waals surface area contributed by atoms with Crippen molar-refractivity contribution in [3.05, 3.63) is 71.8 Å². The highest BCUT2D eigenvalue weighted by Gasteiger charge is 2.20. The summed E-state index contributed by atoms with van der Waals surface area (Å²) in [5.74, 6) is -0.0118. The molecule has 2 N–H and O–H groups in total. The molecule has 0 aliphatic carbocycles. The molecule has 0 radical (unpaired) electrons. The normalized spacial score (nSPS) is 15.1. The van der Waals surface area contributed by atoms with Gasteiger partial charge in [-0.15, -0.1) is 0 Å². The Kier molecular flexibility index (Phi) is 7.62. The Labute approximate surface area is 167 Å². The topological polar surface area (TPSA) is 61.4 Å². The van der Waals surface area contributed by atoms with Crippen LogP contribution in [0, 0.1) is 0 Å². The molecule has 3 rings (SSSR count). The molecular weight excluding hydrogens is 350 g/mol. The Bertz CT molecular complexity index is 741. The third-order valence-corrected chi connectivity index (χ3v) is 5.10. The summed E-state index contributed by atoms with van der Waals surface area (Å²) in [6, 6.07) is 19.9. The summed E-state index contributed by atoms with van der Waals surface area (Å²) in [4.78, 5) is 26.6. The minimum absolute atomic E-state index is 0.0791. The van der Waals surface area contributed by atoms with Crippen molar-refractivity contribution in [1.29, 1.82) is 0 Å². The first-order chi connectivity index (χ1) is 13.7. The fourth-order valence-corrected chi connectivity index (χ4v) is 3.52. The Hall–Kier alpha value is -2.66. The van der Waals surface area contributed by atoms with Crippen LogP contribution in [0.5, 0.6) is 0 Å². The maximum atomic E-state index is 12.2. The Balaban J connectivity index is 1.28. The number of piperidine rings is 1. The summed E-state index contributed by atoms with van der Waals surface area (Å²) in [7, 11) is 0. The van der Waals surface area contributed by atoms with E-state index < -0.39 is 0 Å². The van der Waals surface area contributed by atoms with Crippen LogP contribution in [0.25, 0.3) is 0 Å². The lowest BCUT2D eigenvalue weighted by atomic mass is 10.0. The van der Waals surface area contributed by atoms with Crippen molar-refractivity contribution >= 4 is 11.8 Å². The lowest BCUT2D eigenvalue weighted by molar-refractivity contribution is -0.122. The van der Waals surface area contributed by atoms with Gasteiger partial charge in [0.25, 0.3) is 5.91 Å². The Morgan fingerprint density at radius 2 is 1.57 bits per heavy atom. The van der Waals surface area contributed by atoms with Crippen LogP contribution in [0.4, 0.5) is 0 Å². The first-order valence-corrected chi connectivity index (χ1v) is 10.1. The summed E-state index contributed by atoms with van der Waals surface area (Å²) in [5.41, 5.74) is 1.98. The van der Waals surface area contributed by atoms with Crippen molar-refractivity contribution in [2.45, 2.75) is 38.3 Å². The smallest absolute Gasteiger partial charge is 0.251 e. The van der Waals surface area contributed by atoms with Crippen LogP contribution in [0.15, 0.2) is 60.7 Å². The molecule has 0 aromatic heterocycles. The van der Waals surface area contributed by atoms with Crippen LogP contribution in [0.1, 0.15) is 41.6 Å². The SMILES string of the molecule is O=C(CCCNC(=O)c1ccccc1)NC1CCN(Cc2ccccc2)CC1. The highest BCUT2D eigenvalue weighted by molar-refractivity contribution is 5.94. The number of nitrogens with zero attached hydrogens (tertiary/aromatic N) is 1. The molecule has 0 bridgehead atoms. The minimum atomic E-state index is -0.0909. The third-order valence-electron chi connectivity index (χ3n) is 5.10. The van der Waals surface area contributed by atoms with Gasteiger partial charge in [0.1, 0.15) is 0 Å². The average molecular weight is 380 g/mol. The van der Waals surface area contributed by atoms with Crippen molar-refractivity contribution in [3.63, 3.8) is 0 Å². The van der Waals surface area contributed by atoms with Crippen molar-refractivity contribution in [3.8, 4) is 0 Å². The molecule has 1 fully saturated rings. The number of hydrogen-bond acceptors (Lipinski definition) is 3. The largest absolute Gasteiger partial charge is 0.353 e. The van der Waals surface area contributed by atoms with Gasteiger partial charge in [0.15, 0.2) is 0 Å². The molecule has 1 aliphatic rings. The minimum Gasteiger partial charge on any atom is -0.353 e. The van der Waals surface area contributed by atoms with Gasteiger partial charge in [-0.05, 0) is 37.0 Å². The van der Waals surface area contributed by atoms with E-state index in [1.54, 1.807) is 12.1 Å². The van der Waals surface area contributed by atoms with Gasteiger partial charge in [0, 0.05) is 44.2 Å². The molecule has 28 heavy (non-hydrogen) atoms. The molecule has 2 amide bonds. The zero-order valence-corrected chi connectivity index (χ0v) is 16.3. The molecule has 0 spiro atoms. The van der Waals surface area contributed by atoms with Crippen LogP contribution in [0.2, 0.25) is 0 Å². The highest BCUT2D eigenvalue weighted by atomic mass is 16.2. The number of carbonyl (C=O) groups is 2. The Morgan fingerprint density at radius 3 is 2.25 bits per heavy atom. The number of hydrogen-bond donors (Lipinski definition) is 2. The number of amides is 2. The molecule has 5 nitrogen and oxygen atoms in total. The van der Waals surface area contributed by atoms with E-state index in [0.717, 1.165) is 32.5 Å². The molecule has 2 aromatic rings. The van der Waals surface area contributed by atoms with Gasteiger partial charge in [0.05, 0.1) is 0 Å². The van der Waals surface area contributed by atoms with Crippen LogP contribution < -0.4 is 10.6 Å². The third kappa shape index (κ3) is 6.50. The molecule has 5 heteroatoms. The number of carbonyl (C=O) groups excluding carboxylic acids is 2. The number of benzene rings is 2. The fourth-order valence-electron chi connectivity index (χ4n) is 3.52. The lowest BCUT2D eigenvalue weighted by Gasteiger charge is -2.32. The molecular formula is C23H29N3O2. The molecule has 1 saturated heterocycles. The summed E-state index contributed by atoms with van der Waals surface area (Å²) < 4.78 is 0. The number of rotatable bonds is 8. The van der Waals surface area contributed by atoms with Crippen LogP contribution in [-0.4, -0.2) is 42.4 Å². The first kappa shape index (κ1) is 20.1. The van der Waals surface area contributed by atoms with Crippen molar-refractivity contribution in [1.82, 2.24) is 15.5 Å². The maximum Gasteiger partial charge on any atom is 0.251 e. The van der Waals surface area contributed by atoms with E-state index in [1.807, 2.05) is 24.3 Å². The van der Waals surface area contributed by atoms with Gasteiger partial charge in [0.2, 0.25) is 5.91 Å². The molecule has 148 valence electrons. The second-order valence-corrected chi connectivity index (χ2v) is 7.33. The molecule has 0 saturated carbocycles. The molecule has 0 atom stereocenters. The molecule has 0 unspecified atom stereocenters. The van der Waals surface area contributed by atoms with E-state index in [4.69, 9.17) is 0 Å². The van der Waals surface area contributed by atoms with Gasteiger partial charge >= 0.3 is 0 Å².